The van der Waals surface area contributed by atoms with E-state index in [1.54, 1.807) is 0 Å². The third kappa shape index (κ3) is 6.03. The molecule has 2 aromatic carbocycles. The van der Waals surface area contributed by atoms with E-state index in [9.17, 15) is 21.8 Å². The van der Waals surface area contributed by atoms with Crippen molar-refractivity contribution in [3.63, 3.8) is 0 Å². The van der Waals surface area contributed by atoms with Gasteiger partial charge in [-0.05, 0) is 73.0 Å². The van der Waals surface area contributed by atoms with Crippen molar-refractivity contribution >= 4 is 10.1 Å². The summed E-state index contributed by atoms with van der Waals surface area (Å²) in [6, 6.07) is 6.27. The lowest BCUT2D eigenvalue weighted by atomic mass is 9.75. The first kappa shape index (κ1) is 26.6. The summed E-state index contributed by atoms with van der Waals surface area (Å²) in [4.78, 5) is -1.45. The summed E-state index contributed by atoms with van der Waals surface area (Å²) in [5.41, 5.74) is 3.63. The molecule has 3 fully saturated rings. The molecule has 0 atom stereocenters. The minimum atomic E-state index is -5.28. The molecule has 7 heteroatoms. The van der Waals surface area contributed by atoms with Crippen molar-refractivity contribution in [3.8, 4) is 11.5 Å². The lowest BCUT2D eigenvalue weighted by molar-refractivity contribution is 0.391. The second-order valence-electron chi connectivity index (χ2n) is 11.3. The van der Waals surface area contributed by atoms with Crippen LogP contribution in [0.3, 0.4) is 0 Å². The van der Waals surface area contributed by atoms with Crippen LogP contribution in [0.5, 0.6) is 11.5 Å². The SMILES string of the molecule is O=S(=O)([O-])c1c(F)cc(Oc2c(C3CCCCC3)cc(C3CCCCC3)cc2C2CCCCC2)cc1F. The van der Waals surface area contributed by atoms with Gasteiger partial charge in [-0.15, -0.1) is 0 Å². The Labute approximate surface area is 219 Å². The predicted molar refractivity (Wildman–Crippen MR) is 138 cm³/mol. The van der Waals surface area contributed by atoms with Crippen LogP contribution >= 0.6 is 0 Å². The van der Waals surface area contributed by atoms with E-state index in [1.807, 2.05) is 0 Å². The van der Waals surface area contributed by atoms with Crippen LogP contribution in [-0.2, 0) is 10.1 Å². The van der Waals surface area contributed by atoms with Crippen LogP contribution in [0.25, 0.3) is 0 Å². The Balaban J connectivity index is 1.63. The van der Waals surface area contributed by atoms with Gasteiger partial charge >= 0.3 is 0 Å². The van der Waals surface area contributed by atoms with Gasteiger partial charge in [-0.2, -0.15) is 0 Å². The normalized spacial score (nSPS) is 20.7. The van der Waals surface area contributed by atoms with Crippen LogP contribution in [0.15, 0.2) is 29.2 Å². The molecule has 0 saturated heterocycles. The zero-order valence-electron chi connectivity index (χ0n) is 21.4. The van der Waals surface area contributed by atoms with Gasteiger partial charge in [-0.3, -0.25) is 0 Å². The maximum Gasteiger partial charge on any atom is 0.147 e. The Kier molecular flexibility index (Phi) is 8.20. The van der Waals surface area contributed by atoms with E-state index < -0.39 is 26.6 Å². The van der Waals surface area contributed by atoms with Crippen molar-refractivity contribution in [2.75, 3.05) is 0 Å². The quantitative estimate of drug-likeness (QED) is 0.349. The van der Waals surface area contributed by atoms with Gasteiger partial charge in [0, 0.05) is 12.1 Å². The topological polar surface area (TPSA) is 66.4 Å². The second kappa shape index (κ2) is 11.4. The molecule has 0 heterocycles. The smallest absolute Gasteiger partial charge is 0.147 e. The number of halogens is 2. The largest absolute Gasteiger partial charge is 0.744 e. The maximum atomic E-state index is 14.6. The van der Waals surface area contributed by atoms with Gasteiger partial charge < -0.3 is 9.29 Å². The Morgan fingerprint density at radius 2 is 1.05 bits per heavy atom. The average Bonchev–Trinajstić information content (AvgIpc) is 2.89. The summed E-state index contributed by atoms with van der Waals surface area (Å²) >= 11 is 0. The van der Waals surface area contributed by atoms with Crippen molar-refractivity contribution in [2.24, 2.45) is 0 Å². The highest BCUT2D eigenvalue weighted by atomic mass is 32.2. The fourth-order valence-corrected chi connectivity index (χ4v) is 7.47. The summed E-state index contributed by atoms with van der Waals surface area (Å²) in [5, 5.41) is 0. The minimum absolute atomic E-state index is 0.109. The predicted octanol–water partition coefficient (Wildman–Crippen LogP) is 8.80. The molecule has 0 radical (unpaired) electrons. The van der Waals surface area contributed by atoms with Crippen molar-refractivity contribution in [2.45, 2.75) is 119 Å². The highest BCUT2D eigenvalue weighted by Crippen LogP contribution is 2.48. The van der Waals surface area contributed by atoms with Crippen LogP contribution in [0.1, 0.15) is 131 Å². The van der Waals surface area contributed by atoms with E-state index in [1.165, 1.54) is 50.5 Å². The number of hydrogen-bond donors (Lipinski definition) is 0. The highest BCUT2D eigenvalue weighted by Gasteiger charge is 2.29. The molecular formula is C30H37F2O4S-. The van der Waals surface area contributed by atoms with Crippen LogP contribution < -0.4 is 4.74 Å². The third-order valence-electron chi connectivity index (χ3n) is 8.78. The molecule has 3 aliphatic carbocycles. The fraction of sp³-hybridized carbons (Fsp3) is 0.600. The lowest BCUT2D eigenvalue weighted by Crippen LogP contribution is -2.14. The van der Waals surface area contributed by atoms with Crippen molar-refractivity contribution in [1.82, 2.24) is 0 Å². The van der Waals surface area contributed by atoms with Gasteiger partial charge in [-0.1, -0.05) is 69.9 Å². The first-order chi connectivity index (χ1) is 17.8. The highest BCUT2D eigenvalue weighted by molar-refractivity contribution is 7.85. The van der Waals surface area contributed by atoms with E-state index in [0.29, 0.717) is 23.5 Å². The molecule has 37 heavy (non-hydrogen) atoms. The Bertz CT molecular complexity index is 1150. The summed E-state index contributed by atoms with van der Waals surface area (Å²) in [5.74, 6) is -1.07. The van der Waals surface area contributed by atoms with Gasteiger partial charge in [0.25, 0.3) is 0 Å². The maximum absolute atomic E-state index is 14.6. The van der Waals surface area contributed by atoms with Gasteiger partial charge in [0.1, 0.15) is 38.1 Å². The summed E-state index contributed by atoms with van der Waals surface area (Å²) in [7, 11) is -5.28. The number of hydrogen-bond acceptors (Lipinski definition) is 4. The van der Waals surface area contributed by atoms with Crippen LogP contribution in [0.4, 0.5) is 8.78 Å². The average molecular weight is 532 g/mol. The van der Waals surface area contributed by atoms with Gasteiger partial charge in [0.15, 0.2) is 0 Å². The van der Waals surface area contributed by atoms with Gasteiger partial charge in [-0.25, -0.2) is 17.2 Å². The van der Waals surface area contributed by atoms with Gasteiger partial charge in [0.2, 0.25) is 0 Å². The molecule has 0 N–H and O–H groups in total. The Morgan fingerprint density at radius 3 is 1.46 bits per heavy atom. The molecule has 0 unspecified atom stereocenters. The van der Waals surface area contributed by atoms with Crippen LogP contribution in [0.2, 0.25) is 0 Å². The van der Waals surface area contributed by atoms with Crippen molar-refractivity contribution < 1.29 is 26.5 Å². The molecule has 5 rings (SSSR count). The zero-order valence-corrected chi connectivity index (χ0v) is 22.3. The van der Waals surface area contributed by atoms with Crippen molar-refractivity contribution in [3.05, 3.63) is 52.6 Å². The molecule has 202 valence electrons. The van der Waals surface area contributed by atoms with Crippen LogP contribution in [-0.4, -0.2) is 13.0 Å². The van der Waals surface area contributed by atoms with Crippen molar-refractivity contribution in [1.29, 1.82) is 0 Å². The minimum Gasteiger partial charge on any atom is -0.744 e. The van der Waals surface area contributed by atoms with E-state index in [0.717, 1.165) is 74.6 Å². The van der Waals surface area contributed by atoms with Gasteiger partial charge in [0.05, 0.1) is 0 Å². The molecule has 2 aromatic rings. The molecule has 0 spiro atoms. The van der Waals surface area contributed by atoms with E-state index in [-0.39, 0.29) is 5.75 Å². The number of benzene rings is 2. The first-order valence-corrected chi connectivity index (χ1v) is 15.5. The third-order valence-corrected chi connectivity index (χ3v) is 9.67. The zero-order chi connectivity index (χ0) is 26.0. The molecule has 0 aromatic heterocycles. The molecule has 3 aliphatic rings. The first-order valence-electron chi connectivity index (χ1n) is 14.1. The standard InChI is InChI=1S/C30H38F2O4S/c31-27-18-24(19-28(32)30(27)37(33,34)35)36-29-25(21-12-6-2-7-13-21)16-23(20-10-4-1-5-11-20)17-26(29)22-14-8-3-9-15-22/h16-22H,1-15H2,(H,33,34,35)/p-1. The molecule has 0 amide bonds. The molecule has 4 nitrogen and oxygen atoms in total. The van der Waals surface area contributed by atoms with E-state index >= 15 is 0 Å². The Morgan fingerprint density at radius 1 is 0.649 bits per heavy atom. The summed E-state index contributed by atoms with van der Waals surface area (Å²) < 4.78 is 69.7. The molecule has 0 aliphatic heterocycles. The fourth-order valence-electron chi connectivity index (χ4n) is 6.87. The molecule has 3 saturated carbocycles. The summed E-state index contributed by atoms with van der Waals surface area (Å²) in [6.07, 6.45) is 17.4. The lowest BCUT2D eigenvalue weighted by Gasteiger charge is -2.32. The number of rotatable bonds is 6. The monoisotopic (exact) mass is 531 g/mol. The molecule has 0 bridgehead atoms. The van der Waals surface area contributed by atoms with Crippen LogP contribution in [0, 0.1) is 11.6 Å². The second-order valence-corrected chi connectivity index (χ2v) is 12.6. The Hall–Kier alpha value is -1.99. The van der Waals surface area contributed by atoms with E-state index in [2.05, 4.69) is 12.1 Å². The number of ether oxygens (including phenoxy) is 1. The van der Waals surface area contributed by atoms with E-state index in [4.69, 9.17) is 4.74 Å². The molecular weight excluding hydrogens is 494 g/mol. The summed E-state index contributed by atoms with van der Waals surface area (Å²) in [6.45, 7) is 0.